The number of hydrogen-bond acceptors (Lipinski definition) is 5. The fourth-order valence-corrected chi connectivity index (χ4v) is 3.89. The van der Waals surface area contributed by atoms with Crippen LogP contribution < -0.4 is 20.1 Å². The van der Waals surface area contributed by atoms with E-state index in [0.717, 1.165) is 44.0 Å². The van der Waals surface area contributed by atoms with E-state index >= 15 is 0 Å². The summed E-state index contributed by atoms with van der Waals surface area (Å²) >= 11 is 0. The summed E-state index contributed by atoms with van der Waals surface area (Å²) in [4.78, 5) is 6.89. The van der Waals surface area contributed by atoms with Crippen molar-refractivity contribution in [2.75, 3.05) is 34.4 Å². The number of phenolic OH excluding ortho intramolecular Hbond substituents is 1. The monoisotopic (exact) mass is 426 g/mol. The third-order valence-corrected chi connectivity index (χ3v) is 5.81. The van der Waals surface area contributed by atoms with Crippen LogP contribution in [0.4, 0.5) is 0 Å². The molecular formula is C24H34N4O3. The van der Waals surface area contributed by atoms with Crippen LogP contribution >= 0.6 is 0 Å². The van der Waals surface area contributed by atoms with Gasteiger partial charge in [-0.1, -0.05) is 24.3 Å². The average molecular weight is 427 g/mol. The SMILES string of the molecule is CN=C(NCc1cc(OC)c(O)c(OC)c1)NC1CCN(Cc2ccccc2C)CC1. The van der Waals surface area contributed by atoms with Crippen LogP contribution in [-0.4, -0.2) is 56.4 Å². The summed E-state index contributed by atoms with van der Waals surface area (Å²) in [5, 5.41) is 17.0. The third kappa shape index (κ3) is 6.04. The summed E-state index contributed by atoms with van der Waals surface area (Å²) in [6.45, 7) is 5.86. The van der Waals surface area contributed by atoms with Crippen molar-refractivity contribution in [3.63, 3.8) is 0 Å². The minimum Gasteiger partial charge on any atom is -0.502 e. The van der Waals surface area contributed by atoms with Crippen LogP contribution in [-0.2, 0) is 13.1 Å². The number of nitrogens with one attached hydrogen (secondary N) is 2. The smallest absolute Gasteiger partial charge is 0.200 e. The van der Waals surface area contributed by atoms with E-state index in [1.165, 1.54) is 25.3 Å². The standard InChI is InChI=1S/C24H34N4O3/c1-17-7-5-6-8-19(17)16-28-11-9-20(10-12-28)27-24(25-2)26-15-18-13-21(30-3)23(29)22(14-18)31-4/h5-8,13-14,20,29H,9-12,15-16H2,1-4H3,(H2,25,26,27). The van der Waals surface area contributed by atoms with Crippen molar-refractivity contribution in [1.82, 2.24) is 15.5 Å². The molecule has 0 bridgehead atoms. The molecule has 3 rings (SSSR count). The minimum absolute atomic E-state index is 0.00807. The quantitative estimate of drug-likeness (QED) is 0.467. The maximum atomic E-state index is 10.1. The first-order valence-corrected chi connectivity index (χ1v) is 10.7. The zero-order chi connectivity index (χ0) is 22.2. The fourth-order valence-electron chi connectivity index (χ4n) is 3.89. The molecule has 1 aliphatic heterocycles. The Labute approximate surface area is 185 Å². The first-order chi connectivity index (χ1) is 15.0. The van der Waals surface area contributed by atoms with E-state index in [2.05, 4.69) is 51.7 Å². The molecular weight excluding hydrogens is 392 g/mol. The van der Waals surface area contributed by atoms with Crippen molar-refractivity contribution < 1.29 is 14.6 Å². The largest absolute Gasteiger partial charge is 0.502 e. The van der Waals surface area contributed by atoms with Gasteiger partial charge in [-0.3, -0.25) is 9.89 Å². The lowest BCUT2D eigenvalue weighted by molar-refractivity contribution is 0.198. The number of phenols is 1. The zero-order valence-electron chi connectivity index (χ0n) is 18.9. The molecule has 7 nitrogen and oxygen atoms in total. The molecule has 7 heteroatoms. The molecule has 0 spiro atoms. The van der Waals surface area contributed by atoms with E-state index in [4.69, 9.17) is 9.47 Å². The van der Waals surface area contributed by atoms with Crippen molar-refractivity contribution in [2.45, 2.75) is 38.9 Å². The van der Waals surface area contributed by atoms with Gasteiger partial charge in [0, 0.05) is 39.3 Å². The molecule has 1 fully saturated rings. The van der Waals surface area contributed by atoms with Gasteiger partial charge in [-0.25, -0.2) is 0 Å². The Morgan fingerprint density at radius 3 is 2.35 bits per heavy atom. The van der Waals surface area contributed by atoms with Crippen molar-refractivity contribution >= 4 is 5.96 Å². The predicted octanol–water partition coefficient (Wildman–Crippen LogP) is 3.05. The molecule has 31 heavy (non-hydrogen) atoms. The maximum Gasteiger partial charge on any atom is 0.200 e. The van der Waals surface area contributed by atoms with E-state index < -0.39 is 0 Å². The van der Waals surface area contributed by atoms with Crippen LogP contribution in [0.25, 0.3) is 0 Å². The van der Waals surface area contributed by atoms with Gasteiger partial charge in [-0.15, -0.1) is 0 Å². The Kier molecular flexibility index (Phi) is 8.00. The number of methoxy groups -OCH3 is 2. The lowest BCUT2D eigenvalue weighted by Gasteiger charge is -2.33. The highest BCUT2D eigenvalue weighted by Gasteiger charge is 2.20. The van der Waals surface area contributed by atoms with Crippen LogP contribution in [0.15, 0.2) is 41.4 Å². The molecule has 2 aromatic rings. The molecule has 1 heterocycles. The number of nitrogens with zero attached hydrogens (tertiary/aromatic N) is 2. The highest BCUT2D eigenvalue weighted by molar-refractivity contribution is 5.80. The summed E-state index contributed by atoms with van der Waals surface area (Å²) in [7, 11) is 4.83. The van der Waals surface area contributed by atoms with E-state index in [1.54, 1.807) is 19.2 Å². The highest BCUT2D eigenvalue weighted by Crippen LogP contribution is 2.37. The number of hydrogen-bond donors (Lipinski definition) is 3. The second-order valence-electron chi connectivity index (χ2n) is 7.90. The lowest BCUT2D eigenvalue weighted by atomic mass is 10.0. The van der Waals surface area contributed by atoms with E-state index in [1.807, 2.05) is 0 Å². The summed E-state index contributed by atoms with van der Waals surface area (Å²) in [6, 6.07) is 12.6. The maximum absolute atomic E-state index is 10.1. The normalized spacial score (nSPS) is 15.5. The first-order valence-electron chi connectivity index (χ1n) is 10.7. The molecule has 3 N–H and O–H groups in total. The van der Waals surface area contributed by atoms with Crippen molar-refractivity contribution in [1.29, 1.82) is 0 Å². The van der Waals surface area contributed by atoms with Gasteiger partial charge in [0.15, 0.2) is 17.5 Å². The molecule has 168 valence electrons. The molecule has 0 aromatic heterocycles. The van der Waals surface area contributed by atoms with Gasteiger partial charge in [0.25, 0.3) is 0 Å². The molecule has 0 saturated carbocycles. The molecule has 0 amide bonds. The van der Waals surface area contributed by atoms with Gasteiger partial charge in [0.05, 0.1) is 14.2 Å². The number of likely N-dealkylation sites (tertiary alicyclic amines) is 1. The van der Waals surface area contributed by atoms with Crippen LogP contribution in [0.1, 0.15) is 29.5 Å². The lowest BCUT2D eigenvalue weighted by Crippen LogP contribution is -2.48. The predicted molar refractivity (Wildman–Crippen MR) is 124 cm³/mol. The first kappa shape index (κ1) is 22.7. The third-order valence-electron chi connectivity index (χ3n) is 5.81. The van der Waals surface area contributed by atoms with Gasteiger partial charge in [0.1, 0.15) is 0 Å². The molecule has 1 saturated heterocycles. The summed E-state index contributed by atoms with van der Waals surface area (Å²) in [6.07, 6.45) is 2.15. The number of piperidine rings is 1. The molecule has 2 aromatic carbocycles. The number of aromatic hydroxyl groups is 1. The molecule has 0 unspecified atom stereocenters. The van der Waals surface area contributed by atoms with Crippen molar-refractivity contribution in [3.05, 3.63) is 53.1 Å². The van der Waals surface area contributed by atoms with Gasteiger partial charge < -0.3 is 25.2 Å². The van der Waals surface area contributed by atoms with Crippen LogP contribution in [0.3, 0.4) is 0 Å². The van der Waals surface area contributed by atoms with Crippen LogP contribution in [0, 0.1) is 6.92 Å². The van der Waals surface area contributed by atoms with Crippen molar-refractivity contribution in [3.8, 4) is 17.2 Å². The Hall–Kier alpha value is -2.93. The van der Waals surface area contributed by atoms with Gasteiger partial charge in [-0.05, 0) is 48.6 Å². The van der Waals surface area contributed by atoms with E-state index in [0.29, 0.717) is 24.1 Å². The second-order valence-corrected chi connectivity index (χ2v) is 7.90. The molecule has 0 aliphatic carbocycles. The fraction of sp³-hybridized carbons (Fsp3) is 0.458. The number of guanidine groups is 1. The number of benzene rings is 2. The number of ether oxygens (including phenoxy) is 2. The zero-order valence-corrected chi connectivity index (χ0v) is 18.9. The van der Waals surface area contributed by atoms with Gasteiger partial charge in [0.2, 0.25) is 5.75 Å². The Morgan fingerprint density at radius 2 is 1.77 bits per heavy atom. The Morgan fingerprint density at radius 1 is 1.13 bits per heavy atom. The number of aliphatic imine (C=N–C) groups is 1. The second kappa shape index (κ2) is 10.9. The summed E-state index contributed by atoms with van der Waals surface area (Å²) in [5.74, 6) is 1.55. The van der Waals surface area contributed by atoms with Gasteiger partial charge in [-0.2, -0.15) is 0 Å². The highest BCUT2D eigenvalue weighted by atomic mass is 16.5. The van der Waals surface area contributed by atoms with E-state index in [9.17, 15) is 5.11 Å². The Balaban J connectivity index is 1.50. The van der Waals surface area contributed by atoms with Gasteiger partial charge >= 0.3 is 0 Å². The molecule has 1 aliphatic rings. The van der Waals surface area contributed by atoms with Crippen LogP contribution in [0.5, 0.6) is 17.2 Å². The Bertz CT molecular complexity index is 867. The van der Waals surface area contributed by atoms with Crippen LogP contribution in [0.2, 0.25) is 0 Å². The summed E-state index contributed by atoms with van der Waals surface area (Å²) in [5.41, 5.74) is 3.70. The average Bonchev–Trinajstić information content (AvgIpc) is 2.79. The van der Waals surface area contributed by atoms with Crippen molar-refractivity contribution in [2.24, 2.45) is 4.99 Å². The minimum atomic E-state index is 0.00807. The topological polar surface area (TPSA) is 78.4 Å². The molecule has 0 atom stereocenters. The summed E-state index contributed by atoms with van der Waals surface area (Å²) < 4.78 is 10.5. The number of rotatable bonds is 7. The molecule has 0 radical (unpaired) electrons. The number of aryl methyl sites for hydroxylation is 1. The van der Waals surface area contributed by atoms with E-state index in [-0.39, 0.29) is 5.75 Å².